The van der Waals surface area contributed by atoms with Crippen molar-refractivity contribution in [2.75, 3.05) is 7.11 Å². The van der Waals surface area contributed by atoms with Gasteiger partial charge in [0.05, 0.1) is 7.11 Å². The van der Waals surface area contributed by atoms with Crippen LogP contribution in [0.4, 0.5) is 0 Å². The number of ether oxygens (including phenoxy) is 1. The van der Waals surface area contributed by atoms with Crippen molar-refractivity contribution >= 4 is 27.9 Å². The second kappa shape index (κ2) is 7.64. The van der Waals surface area contributed by atoms with E-state index in [0.29, 0.717) is 6.54 Å². The summed E-state index contributed by atoms with van der Waals surface area (Å²) in [7, 11) is 1.63. The van der Waals surface area contributed by atoms with E-state index >= 15 is 0 Å². The van der Waals surface area contributed by atoms with Gasteiger partial charge in [-0.1, -0.05) is 46.3 Å². The normalized spacial score (nSPS) is 10.6. The molecule has 0 aromatic heterocycles. The Bertz CT molecular complexity index is 635. The van der Waals surface area contributed by atoms with E-state index in [1.165, 1.54) is 6.08 Å². The number of benzene rings is 2. The first kappa shape index (κ1) is 15.3. The van der Waals surface area contributed by atoms with E-state index in [-0.39, 0.29) is 5.91 Å². The van der Waals surface area contributed by atoms with Crippen molar-refractivity contribution in [2.24, 2.45) is 0 Å². The minimum Gasteiger partial charge on any atom is -0.497 e. The Morgan fingerprint density at radius 3 is 2.57 bits per heavy atom. The van der Waals surface area contributed by atoms with Gasteiger partial charge in [0.15, 0.2) is 0 Å². The van der Waals surface area contributed by atoms with E-state index < -0.39 is 0 Å². The van der Waals surface area contributed by atoms with Crippen LogP contribution in [0.15, 0.2) is 59.1 Å². The second-order valence-electron chi connectivity index (χ2n) is 4.42. The first-order valence-electron chi connectivity index (χ1n) is 6.52. The van der Waals surface area contributed by atoms with Crippen LogP contribution in [-0.2, 0) is 11.3 Å². The molecule has 2 aromatic carbocycles. The fourth-order valence-corrected chi connectivity index (χ4v) is 2.18. The molecule has 0 radical (unpaired) electrons. The van der Waals surface area contributed by atoms with Gasteiger partial charge in [-0.3, -0.25) is 4.79 Å². The molecule has 0 aliphatic rings. The number of hydrogen-bond acceptors (Lipinski definition) is 2. The van der Waals surface area contributed by atoms with Crippen LogP contribution in [0.5, 0.6) is 5.75 Å². The molecule has 0 bridgehead atoms. The lowest BCUT2D eigenvalue weighted by atomic mass is 10.2. The van der Waals surface area contributed by atoms with E-state index in [9.17, 15) is 4.79 Å². The van der Waals surface area contributed by atoms with Crippen LogP contribution in [0.25, 0.3) is 6.08 Å². The number of halogens is 1. The molecule has 21 heavy (non-hydrogen) atoms. The van der Waals surface area contributed by atoms with Gasteiger partial charge in [-0.25, -0.2) is 0 Å². The summed E-state index contributed by atoms with van der Waals surface area (Å²) in [5.41, 5.74) is 2.00. The molecule has 0 spiro atoms. The molecule has 0 unspecified atom stereocenters. The molecule has 1 N–H and O–H groups in total. The average molecular weight is 346 g/mol. The van der Waals surface area contributed by atoms with Crippen LogP contribution in [-0.4, -0.2) is 13.0 Å². The molecule has 0 saturated heterocycles. The number of carbonyl (C=O) groups excluding carboxylic acids is 1. The molecule has 0 heterocycles. The summed E-state index contributed by atoms with van der Waals surface area (Å²) < 4.78 is 6.05. The van der Waals surface area contributed by atoms with E-state index in [2.05, 4.69) is 21.2 Å². The van der Waals surface area contributed by atoms with Crippen molar-refractivity contribution in [3.63, 3.8) is 0 Å². The summed E-state index contributed by atoms with van der Waals surface area (Å²) in [4.78, 5) is 11.8. The highest BCUT2D eigenvalue weighted by atomic mass is 79.9. The third-order valence-corrected chi connectivity index (χ3v) is 3.67. The number of methoxy groups -OCH3 is 1. The monoisotopic (exact) mass is 345 g/mol. The van der Waals surface area contributed by atoms with Gasteiger partial charge in [0.25, 0.3) is 0 Å². The second-order valence-corrected chi connectivity index (χ2v) is 5.28. The van der Waals surface area contributed by atoms with Crippen molar-refractivity contribution < 1.29 is 9.53 Å². The van der Waals surface area contributed by atoms with Crippen LogP contribution in [0.2, 0.25) is 0 Å². The summed E-state index contributed by atoms with van der Waals surface area (Å²) in [6, 6.07) is 15.3. The third-order valence-electron chi connectivity index (χ3n) is 2.95. The van der Waals surface area contributed by atoms with Gasteiger partial charge >= 0.3 is 0 Å². The first-order valence-corrected chi connectivity index (χ1v) is 7.31. The van der Waals surface area contributed by atoms with Crippen LogP contribution >= 0.6 is 15.9 Å². The number of nitrogens with one attached hydrogen (secondary N) is 1. The van der Waals surface area contributed by atoms with Crippen LogP contribution in [0.1, 0.15) is 11.1 Å². The van der Waals surface area contributed by atoms with E-state index in [1.54, 1.807) is 13.2 Å². The van der Waals surface area contributed by atoms with Gasteiger partial charge in [0, 0.05) is 17.1 Å². The van der Waals surface area contributed by atoms with Crippen molar-refractivity contribution in [3.05, 3.63) is 70.2 Å². The van der Waals surface area contributed by atoms with Crippen molar-refractivity contribution in [1.82, 2.24) is 5.32 Å². The zero-order valence-electron chi connectivity index (χ0n) is 11.7. The topological polar surface area (TPSA) is 38.3 Å². The molecule has 0 aliphatic heterocycles. The lowest BCUT2D eigenvalue weighted by Crippen LogP contribution is -2.20. The maximum absolute atomic E-state index is 11.8. The Labute approximate surface area is 132 Å². The zero-order chi connectivity index (χ0) is 15.1. The van der Waals surface area contributed by atoms with Crippen molar-refractivity contribution in [3.8, 4) is 5.75 Å². The molecule has 3 nitrogen and oxygen atoms in total. The Morgan fingerprint density at radius 1 is 1.19 bits per heavy atom. The Hall–Kier alpha value is -2.07. The zero-order valence-corrected chi connectivity index (χ0v) is 13.3. The Morgan fingerprint density at radius 2 is 1.90 bits per heavy atom. The van der Waals surface area contributed by atoms with E-state index in [0.717, 1.165) is 21.3 Å². The molecule has 1 amide bonds. The predicted octanol–water partition coefficient (Wildman–Crippen LogP) is 3.79. The van der Waals surface area contributed by atoms with Gasteiger partial charge in [0.1, 0.15) is 5.75 Å². The molecule has 2 rings (SSSR count). The van der Waals surface area contributed by atoms with Crippen molar-refractivity contribution in [1.29, 1.82) is 0 Å². The molecular weight excluding hydrogens is 330 g/mol. The lowest BCUT2D eigenvalue weighted by molar-refractivity contribution is -0.116. The number of amides is 1. The Kier molecular flexibility index (Phi) is 5.58. The van der Waals surface area contributed by atoms with Gasteiger partial charge < -0.3 is 10.1 Å². The highest BCUT2D eigenvalue weighted by Gasteiger charge is 1.99. The minimum atomic E-state index is -0.124. The van der Waals surface area contributed by atoms with E-state index in [1.807, 2.05) is 48.5 Å². The van der Waals surface area contributed by atoms with E-state index in [4.69, 9.17) is 4.74 Å². The lowest BCUT2D eigenvalue weighted by Gasteiger charge is -2.04. The summed E-state index contributed by atoms with van der Waals surface area (Å²) in [5.74, 6) is 0.681. The highest BCUT2D eigenvalue weighted by Crippen LogP contribution is 2.17. The third kappa shape index (κ3) is 4.76. The number of carbonyl (C=O) groups is 1. The largest absolute Gasteiger partial charge is 0.497 e. The molecule has 4 heteroatoms. The maximum Gasteiger partial charge on any atom is 0.244 e. The SMILES string of the molecule is COc1ccc(CNC(=O)/C=C/c2ccccc2Br)cc1. The molecule has 0 saturated carbocycles. The van der Waals surface area contributed by atoms with Crippen LogP contribution in [0.3, 0.4) is 0 Å². The molecule has 0 aliphatic carbocycles. The van der Waals surface area contributed by atoms with Gasteiger partial charge in [-0.15, -0.1) is 0 Å². The summed E-state index contributed by atoms with van der Waals surface area (Å²) in [5, 5.41) is 2.84. The minimum absolute atomic E-state index is 0.124. The number of hydrogen-bond donors (Lipinski definition) is 1. The molecule has 108 valence electrons. The van der Waals surface area contributed by atoms with Gasteiger partial charge in [0.2, 0.25) is 5.91 Å². The molecule has 0 fully saturated rings. The highest BCUT2D eigenvalue weighted by molar-refractivity contribution is 9.10. The molecule has 2 aromatic rings. The van der Waals surface area contributed by atoms with Crippen LogP contribution in [0, 0.1) is 0 Å². The average Bonchev–Trinajstić information content (AvgIpc) is 2.52. The molecule has 0 atom stereocenters. The summed E-state index contributed by atoms with van der Waals surface area (Å²) in [6.07, 6.45) is 3.32. The Balaban J connectivity index is 1.88. The predicted molar refractivity (Wildman–Crippen MR) is 88.0 cm³/mol. The van der Waals surface area contributed by atoms with Gasteiger partial charge in [-0.05, 0) is 35.4 Å². The summed E-state index contributed by atoms with van der Waals surface area (Å²) in [6.45, 7) is 0.489. The van der Waals surface area contributed by atoms with Gasteiger partial charge in [-0.2, -0.15) is 0 Å². The van der Waals surface area contributed by atoms with Crippen LogP contribution < -0.4 is 10.1 Å². The fraction of sp³-hybridized carbons (Fsp3) is 0.118. The van der Waals surface area contributed by atoms with Crippen molar-refractivity contribution in [2.45, 2.75) is 6.54 Å². The standard InChI is InChI=1S/C17H16BrNO2/c1-21-15-9-6-13(7-10-15)12-19-17(20)11-8-14-4-2-3-5-16(14)18/h2-11H,12H2,1H3,(H,19,20)/b11-8+. The molecular formula is C17H16BrNO2. The fourth-order valence-electron chi connectivity index (χ4n) is 1.77. The smallest absolute Gasteiger partial charge is 0.244 e. The summed E-state index contributed by atoms with van der Waals surface area (Å²) >= 11 is 3.44. The maximum atomic E-state index is 11.8. The quantitative estimate of drug-likeness (QED) is 0.837. The number of rotatable bonds is 5. The first-order chi connectivity index (χ1) is 10.2.